The zero-order chi connectivity index (χ0) is 70.1. The molecule has 8 aliphatic rings. The third-order valence-electron chi connectivity index (χ3n) is 26.0. The number of benzene rings is 4. The summed E-state index contributed by atoms with van der Waals surface area (Å²) in [5.41, 5.74) is 9.84. The third-order valence-corrected chi connectivity index (χ3v) is 26.0. The number of nitrogens with one attached hydrogen (secondary N) is 4. The Bertz CT molecular complexity index is 2830. The first kappa shape index (κ1) is 90.6. The van der Waals surface area contributed by atoms with Crippen LogP contribution in [0.1, 0.15) is 201 Å². The van der Waals surface area contributed by atoms with E-state index in [1.54, 1.807) is 0 Å². The van der Waals surface area contributed by atoms with Gasteiger partial charge in [0, 0.05) is 203 Å². The molecule has 4 fully saturated rings. The molecule has 0 unspecified atom stereocenters. The molecule has 0 amide bonds. The molecule has 572 valence electrons. The molecule has 4 radical (unpaired) electrons. The summed E-state index contributed by atoms with van der Waals surface area (Å²) < 4.78 is 52.0. The van der Waals surface area contributed by atoms with Crippen molar-refractivity contribution < 1.29 is 189 Å². The first-order valence-electron chi connectivity index (χ1n) is 40.0. The van der Waals surface area contributed by atoms with Gasteiger partial charge in [-0.3, -0.25) is 0 Å². The van der Waals surface area contributed by atoms with Gasteiger partial charge < -0.3 is 79.6 Å². The van der Waals surface area contributed by atoms with Crippen LogP contribution in [0.5, 0.6) is 23.0 Å². The minimum Gasteiger partial charge on any atom is -0.508 e. The van der Waals surface area contributed by atoms with Crippen LogP contribution in [0.4, 0.5) is 0 Å². The van der Waals surface area contributed by atoms with Crippen molar-refractivity contribution in [2.45, 2.75) is 228 Å². The van der Waals surface area contributed by atoms with Gasteiger partial charge in [-0.2, -0.15) is 0 Å². The number of phenols is 4. The Morgan fingerprint density at radius 2 is 0.524 bits per heavy atom. The van der Waals surface area contributed by atoms with Gasteiger partial charge in [-0.1, -0.05) is 129 Å². The molecule has 105 heavy (non-hydrogen) atoms. The summed E-state index contributed by atoms with van der Waals surface area (Å²) in [4.78, 5) is 0. The van der Waals surface area contributed by atoms with Gasteiger partial charge in [0.15, 0.2) is 0 Å². The maximum Gasteiger partial charge on any atom is 0.115 e. The van der Waals surface area contributed by atoms with Crippen molar-refractivity contribution in [2.24, 2.45) is 29.1 Å². The largest absolute Gasteiger partial charge is 0.508 e. The van der Waals surface area contributed by atoms with Gasteiger partial charge >= 0.3 is 0 Å². The summed E-state index contributed by atoms with van der Waals surface area (Å²) in [7, 11) is 0. The molecule has 0 saturated heterocycles. The van der Waals surface area contributed by atoms with Crippen molar-refractivity contribution >= 4 is 0 Å². The van der Waals surface area contributed by atoms with Crippen LogP contribution in [0.3, 0.4) is 0 Å². The third kappa shape index (κ3) is 23.2. The number of hydrogen-bond acceptors (Lipinski definition) is 16. The van der Waals surface area contributed by atoms with E-state index in [-0.39, 0.29) is 152 Å². The van der Waals surface area contributed by atoms with Gasteiger partial charge in [0.2, 0.25) is 0 Å². The molecular weight excluding hydrogens is 1620 g/mol. The molecule has 0 aliphatic heterocycles. The van der Waals surface area contributed by atoms with Crippen LogP contribution in [0.2, 0.25) is 0 Å². The van der Waals surface area contributed by atoms with Crippen molar-refractivity contribution in [2.75, 3.05) is 132 Å². The fourth-order valence-electron chi connectivity index (χ4n) is 21.0. The van der Waals surface area contributed by atoms with Gasteiger partial charge in [0.1, 0.15) is 23.0 Å². The van der Waals surface area contributed by atoms with E-state index in [1.165, 1.54) is 147 Å². The monoisotopic (exact) mass is 1750 g/mol. The smallest absolute Gasteiger partial charge is 0.115 e. The van der Waals surface area contributed by atoms with E-state index in [2.05, 4.69) is 73.2 Å². The van der Waals surface area contributed by atoms with E-state index in [0.717, 1.165) is 77.5 Å². The quantitative estimate of drug-likeness (QED) is 0.0200. The average molecular weight is 1750 g/mol. The normalized spacial score (nSPS) is 28.3. The fraction of sp³-hybridized carbons (Fsp3) is 0.718. The predicted molar refractivity (Wildman–Crippen MR) is 399 cm³/mol. The molecule has 12 rings (SSSR count). The van der Waals surface area contributed by atoms with Crippen LogP contribution < -0.4 is 21.3 Å². The molecule has 8 aliphatic carbocycles. The summed E-state index contributed by atoms with van der Waals surface area (Å²) in [5, 5.41) is 58.5. The van der Waals surface area contributed by atoms with Crippen molar-refractivity contribution in [3.8, 4) is 23.0 Å². The molecule has 20 heteroatoms. The predicted octanol–water partition coefficient (Wildman–Crippen LogP) is 13.1. The van der Waals surface area contributed by atoms with Crippen molar-refractivity contribution in [3.63, 3.8) is 0 Å². The second-order valence-electron chi connectivity index (χ2n) is 33.2. The average Bonchev–Trinajstić information content (AvgIpc) is 0.768. The molecule has 12 atom stereocenters. The van der Waals surface area contributed by atoms with Gasteiger partial charge in [-0.15, -0.1) is 0 Å². The van der Waals surface area contributed by atoms with Crippen LogP contribution in [0.25, 0.3) is 0 Å². The van der Waals surface area contributed by atoms with Crippen LogP contribution in [-0.4, -0.2) is 176 Å². The van der Waals surface area contributed by atoms with Crippen LogP contribution >= 0.6 is 0 Å². The number of fused-ring (bicyclic) bond motifs is 16. The zero-order valence-electron chi connectivity index (χ0n) is 64.5. The number of hydrogen-bond donors (Lipinski definition) is 8. The Kier molecular flexibility index (Phi) is 38.1. The van der Waals surface area contributed by atoms with E-state index >= 15 is 0 Å². The standard InChI is InChI=1S/C85H128N4O12.4Y/c1-81-29-13-5-9-17-65(49-61-21-25-69(90)53-73(61)81)77(81)86-33-37-94-41-45-98-57-85(58-99-46-42-95-38-34-87-78-66-18-10-6-14-30-82(78,2)74-54-70(91)26-22-62(74)50-66,59-100-47-43-96-39-35-88-79-67-19-11-7-15-31-83(79,3)75-55-71(92)27-23-63(75)51-67)60-101-48-44-97-40-36-89-80-68-20-12-8-16-32-84(80,4)76-56-72(93)28-24-64(76)52-68;;;;/h21-28,53-56,65-68,77-80,86-93H,5-20,29-52,57-60H2,1-4H3;;;;/t65-,66-,67-,68-,77-,78-,79-,80-,81+,82+,83+,84+;;;;/m0..../s1. The van der Waals surface area contributed by atoms with E-state index in [0.29, 0.717) is 177 Å². The molecule has 4 aromatic rings. The number of aromatic hydroxyl groups is 4. The van der Waals surface area contributed by atoms with Crippen molar-refractivity contribution in [1.29, 1.82) is 0 Å². The molecule has 16 nitrogen and oxygen atoms in total. The summed E-state index contributed by atoms with van der Waals surface area (Å²) in [5.74, 6) is 3.56. The Morgan fingerprint density at radius 1 is 0.305 bits per heavy atom. The van der Waals surface area contributed by atoms with E-state index in [4.69, 9.17) is 37.9 Å². The van der Waals surface area contributed by atoms with E-state index in [9.17, 15) is 20.4 Å². The van der Waals surface area contributed by atoms with Crippen molar-refractivity contribution in [3.05, 3.63) is 117 Å². The molecule has 0 spiro atoms. The minimum absolute atomic E-state index is 0. The second kappa shape index (κ2) is 44.2. The second-order valence-corrected chi connectivity index (χ2v) is 33.2. The first-order chi connectivity index (χ1) is 49.2. The maximum atomic E-state index is 10.6. The summed E-state index contributed by atoms with van der Waals surface area (Å²) in [6.07, 6.45) is 28.2. The topological polar surface area (TPSA) is 203 Å². The SMILES string of the molecule is C[C@@]12CCCCC[C@@H](Cc3ccc(O)cc31)[C@@H]2NCCOCCOCC(COCCOCCN[C@H]1[C@H]2CCCCC[C@]1(C)c1cc(O)ccc1C2)(COCCOCCN[C@H]1[C@H]2CCCCC[C@]1(C)c1cc(O)ccc1C2)COCCOCCN[C@H]1[C@H]2CCCCC[C@]1(C)c1cc(O)ccc1C2.[Y].[Y].[Y].[Y]. The van der Waals surface area contributed by atoms with E-state index in [1.807, 2.05) is 48.5 Å². The molecule has 0 aromatic heterocycles. The van der Waals surface area contributed by atoms with E-state index < -0.39 is 5.41 Å². The zero-order valence-corrected chi connectivity index (χ0v) is 75.9. The number of rotatable bonds is 36. The Balaban J connectivity index is 0.00000348. The fourth-order valence-corrected chi connectivity index (χ4v) is 21.0. The minimum atomic E-state index is -0.676. The van der Waals surface area contributed by atoms with Crippen LogP contribution in [0, 0.1) is 29.1 Å². The molecular formula is C85H128N4O12Y4. The van der Waals surface area contributed by atoms with Crippen LogP contribution in [0.15, 0.2) is 72.8 Å². The van der Waals surface area contributed by atoms with Gasteiger partial charge in [0.25, 0.3) is 0 Å². The van der Waals surface area contributed by atoms with Gasteiger partial charge in [-0.05, 0) is 194 Å². The van der Waals surface area contributed by atoms with Gasteiger partial charge in [-0.25, -0.2) is 0 Å². The molecule has 0 heterocycles. The van der Waals surface area contributed by atoms with Gasteiger partial charge in [0.05, 0.1) is 111 Å². The summed E-state index contributed by atoms with van der Waals surface area (Å²) in [6, 6.07) is 25.4. The Labute approximate surface area is 731 Å². The maximum absolute atomic E-state index is 10.6. The Morgan fingerprint density at radius 3 is 0.752 bits per heavy atom. The molecule has 8 N–H and O–H groups in total. The summed E-state index contributed by atoms with van der Waals surface area (Å²) >= 11 is 0. The number of phenolic OH excluding ortho intramolecular Hbond substituents is 4. The Hall–Kier alpha value is 0.0156. The molecule has 4 saturated carbocycles. The summed E-state index contributed by atoms with van der Waals surface area (Å²) in [6.45, 7) is 19.5. The van der Waals surface area contributed by atoms with Crippen molar-refractivity contribution in [1.82, 2.24) is 21.3 Å². The van der Waals surface area contributed by atoms with Crippen LogP contribution in [-0.2, 0) is 216 Å². The molecule has 8 bridgehead atoms. The first-order valence-corrected chi connectivity index (χ1v) is 40.0. The number of ether oxygens (including phenoxy) is 8. The molecule has 4 aromatic carbocycles.